The lowest BCUT2D eigenvalue weighted by molar-refractivity contribution is -0.146. The number of rotatable bonds is 7. The first-order valence-corrected chi connectivity index (χ1v) is 12.7. The lowest BCUT2D eigenvalue weighted by Gasteiger charge is -2.31. The molecule has 186 valence electrons. The first-order chi connectivity index (χ1) is 17.3. The Labute approximate surface area is 219 Å². The maximum absolute atomic E-state index is 13.3. The molecule has 0 saturated carbocycles. The normalized spacial score (nSPS) is 17.5. The molecule has 2 unspecified atom stereocenters. The number of hydrogen-bond donors (Lipinski definition) is 0. The van der Waals surface area contributed by atoms with E-state index in [4.69, 9.17) is 14.6 Å². The summed E-state index contributed by atoms with van der Waals surface area (Å²) in [5.74, 6) is -2.42. The molecule has 8 heteroatoms. The van der Waals surface area contributed by atoms with Crippen LogP contribution in [0.1, 0.15) is 39.2 Å². The minimum Gasteiger partial charge on any atom is -0.465 e. The van der Waals surface area contributed by atoms with Gasteiger partial charge in [0, 0.05) is 39.1 Å². The van der Waals surface area contributed by atoms with Crippen LogP contribution in [-0.2, 0) is 19.1 Å². The number of ether oxygens (including phenoxy) is 2. The number of carbonyl (C=O) groups excluding carboxylic acids is 2. The van der Waals surface area contributed by atoms with Gasteiger partial charge in [-0.3, -0.25) is 9.79 Å². The Balaban J connectivity index is 1.99. The van der Waals surface area contributed by atoms with Gasteiger partial charge in [-0.2, -0.15) is 5.10 Å². The molecule has 0 bridgehead atoms. The minimum atomic E-state index is -0.796. The summed E-state index contributed by atoms with van der Waals surface area (Å²) < 4.78 is 13.6. The zero-order valence-corrected chi connectivity index (χ0v) is 22.3. The number of allylic oxidation sites excluding steroid dienone is 1. The third-order valence-corrected chi connectivity index (χ3v) is 6.61. The first-order valence-electron chi connectivity index (χ1n) is 11.9. The van der Waals surface area contributed by atoms with Gasteiger partial charge in [-0.25, -0.2) is 9.48 Å². The molecule has 2 aromatic carbocycles. The van der Waals surface area contributed by atoms with Gasteiger partial charge in [0.1, 0.15) is 5.92 Å². The Hall–Kier alpha value is -3.52. The van der Waals surface area contributed by atoms with Crippen LogP contribution in [0.2, 0.25) is 0 Å². The Morgan fingerprint density at radius 3 is 2.28 bits per heavy atom. The zero-order chi connectivity index (χ0) is 25.8. The zero-order valence-electron chi connectivity index (χ0n) is 20.7. The van der Waals surface area contributed by atoms with Crippen molar-refractivity contribution in [2.24, 2.45) is 10.9 Å². The smallest absolute Gasteiger partial charge is 0.336 e. The molecule has 4 rings (SSSR count). The summed E-state index contributed by atoms with van der Waals surface area (Å²) in [4.78, 5) is 31.1. The van der Waals surface area contributed by atoms with Gasteiger partial charge in [0.05, 0.1) is 30.2 Å². The second-order valence-corrected chi connectivity index (χ2v) is 9.32. The van der Waals surface area contributed by atoms with Gasteiger partial charge in [-0.05, 0) is 52.0 Å². The van der Waals surface area contributed by atoms with E-state index in [0.717, 1.165) is 21.3 Å². The SMILES string of the molecule is CCOC(=O)C1=C(C)N=C(C)C(C(=O)OCC)C1c1cn(-c2ccccc2)nc1-c1ccc(Br)cc1. The number of carbonyl (C=O) groups is 2. The molecule has 1 aliphatic rings. The van der Waals surface area contributed by atoms with Gasteiger partial charge in [0.15, 0.2) is 0 Å². The molecular formula is C28H28BrN3O4. The monoisotopic (exact) mass is 549 g/mol. The molecule has 0 aliphatic carbocycles. The van der Waals surface area contributed by atoms with E-state index in [9.17, 15) is 9.59 Å². The van der Waals surface area contributed by atoms with Crippen LogP contribution >= 0.6 is 15.9 Å². The van der Waals surface area contributed by atoms with Crippen molar-refractivity contribution in [2.75, 3.05) is 13.2 Å². The highest BCUT2D eigenvalue weighted by molar-refractivity contribution is 9.10. The fourth-order valence-corrected chi connectivity index (χ4v) is 4.81. The summed E-state index contributed by atoms with van der Waals surface area (Å²) in [6.07, 6.45) is 1.88. The fraction of sp³-hybridized carbons (Fsp3) is 0.286. The van der Waals surface area contributed by atoms with Crippen molar-refractivity contribution < 1.29 is 19.1 Å². The summed E-state index contributed by atoms with van der Waals surface area (Å²) >= 11 is 3.49. The maximum atomic E-state index is 13.3. The summed E-state index contributed by atoms with van der Waals surface area (Å²) in [5.41, 5.74) is 4.53. The number of para-hydroxylation sites is 1. The number of aromatic nitrogens is 2. The minimum absolute atomic E-state index is 0.206. The predicted molar refractivity (Wildman–Crippen MR) is 142 cm³/mol. The van der Waals surface area contributed by atoms with Crippen LogP contribution in [0.15, 0.2) is 81.5 Å². The van der Waals surface area contributed by atoms with Crippen LogP contribution in [0.5, 0.6) is 0 Å². The molecule has 2 atom stereocenters. The van der Waals surface area contributed by atoms with Crippen LogP contribution < -0.4 is 0 Å². The molecule has 2 heterocycles. The van der Waals surface area contributed by atoms with Gasteiger partial charge in [0.25, 0.3) is 0 Å². The second-order valence-electron chi connectivity index (χ2n) is 8.40. The highest BCUT2D eigenvalue weighted by Gasteiger charge is 2.44. The Morgan fingerprint density at radius 1 is 0.972 bits per heavy atom. The lowest BCUT2D eigenvalue weighted by atomic mass is 9.75. The van der Waals surface area contributed by atoms with E-state index in [2.05, 4.69) is 20.9 Å². The molecule has 0 spiro atoms. The number of halogens is 1. The van der Waals surface area contributed by atoms with Crippen LogP contribution in [-0.4, -0.2) is 40.6 Å². The van der Waals surface area contributed by atoms with Gasteiger partial charge in [-0.1, -0.05) is 46.3 Å². The van der Waals surface area contributed by atoms with Crippen molar-refractivity contribution in [3.63, 3.8) is 0 Å². The van der Waals surface area contributed by atoms with E-state index in [0.29, 0.717) is 22.7 Å². The molecule has 7 nitrogen and oxygen atoms in total. The predicted octanol–water partition coefficient (Wildman–Crippen LogP) is 5.88. The van der Waals surface area contributed by atoms with Gasteiger partial charge in [0.2, 0.25) is 0 Å². The van der Waals surface area contributed by atoms with Crippen LogP contribution in [0.4, 0.5) is 0 Å². The highest BCUT2D eigenvalue weighted by atomic mass is 79.9. The van der Waals surface area contributed by atoms with E-state index in [1.54, 1.807) is 32.4 Å². The largest absolute Gasteiger partial charge is 0.465 e. The second kappa shape index (κ2) is 11.0. The number of hydrogen-bond acceptors (Lipinski definition) is 6. The average Bonchev–Trinajstić information content (AvgIpc) is 3.30. The van der Waals surface area contributed by atoms with Crippen molar-refractivity contribution in [3.05, 3.63) is 82.1 Å². The summed E-state index contributed by atoms with van der Waals surface area (Å²) in [6, 6.07) is 17.5. The van der Waals surface area contributed by atoms with E-state index in [1.165, 1.54) is 0 Å². The maximum Gasteiger partial charge on any atom is 0.336 e. The molecular weight excluding hydrogens is 522 g/mol. The van der Waals surface area contributed by atoms with Crippen molar-refractivity contribution in [1.82, 2.24) is 9.78 Å². The van der Waals surface area contributed by atoms with E-state index >= 15 is 0 Å². The Kier molecular flexibility index (Phi) is 7.84. The number of esters is 2. The molecule has 1 aliphatic heterocycles. The standard InChI is InChI=1S/C28H28BrN3O4/c1-5-35-27(33)23-17(3)30-18(4)24(28(34)36-6-2)25(23)22-16-32(21-10-8-7-9-11-21)31-26(22)19-12-14-20(29)15-13-19/h7-16,23,25H,5-6H2,1-4H3. The molecule has 0 radical (unpaired) electrons. The third kappa shape index (κ3) is 5.04. The van der Waals surface area contributed by atoms with E-state index in [1.807, 2.05) is 60.8 Å². The number of aliphatic imine (C=N–C) groups is 1. The molecule has 36 heavy (non-hydrogen) atoms. The van der Waals surface area contributed by atoms with E-state index in [-0.39, 0.29) is 13.2 Å². The molecule has 0 fully saturated rings. The molecule has 3 aromatic rings. The van der Waals surface area contributed by atoms with Crippen LogP contribution in [0.25, 0.3) is 16.9 Å². The van der Waals surface area contributed by atoms with Gasteiger partial charge >= 0.3 is 11.9 Å². The quantitative estimate of drug-likeness (QED) is 0.344. The number of nitrogens with zero attached hydrogens (tertiary/aromatic N) is 3. The van der Waals surface area contributed by atoms with Crippen LogP contribution in [0.3, 0.4) is 0 Å². The molecule has 0 amide bonds. The van der Waals surface area contributed by atoms with Crippen molar-refractivity contribution in [3.8, 4) is 16.9 Å². The Morgan fingerprint density at radius 2 is 1.64 bits per heavy atom. The number of benzene rings is 2. The molecule has 0 N–H and O–H groups in total. The topological polar surface area (TPSA) is 82.8 Å². The third-order valence-electron chi connectivity index (χ3n) is 6.08. The average molecular weight is 550 g/mol. The summed E-state index contributed by atoms with van der Waals surface area (Å²) in [5, 5.41) is 4.92. The van der Waals surface area contributed by atoms with Crippen molar-refractivity contribution in [2.45, 2.75) is 33.6 Å². The molecule has 0 saturated heterocycles. The fourth-order valence-electron chi connectivity index (χ4n) is 4.54. The molecule has 1 aromatic heterocycles. The van der Waals surface area contributed by atoms with Gasteiger partial charge < -0.3 is 9.47 Å². The van der Waals surface area contributed by atoms with Crippen molar-refractivity contribution >= 4 is 33.6 Å². The first kappa shape index (κ1) is 25.6. The lowest BCUT2D eigenvalue weighted by Crippen LogP contribution is -2.36. The van der Waals surface area contributed by atoms with Gasteiger partial charge in [-0.15, -0.1) is 0 Å². The van der Waals surface area contributed by atoms with E-state index < -0.39 is 23.8 Å². The Bertz CT molecular complexity index is 1330. The highest BCUT2D eigenvalue weighted by Crippen LogP contribution is 2.44. The van der Waals surface area contributed by atoms with Crippen LogP contribution in [0, 0.1) is 5.92 Å². The summed E-state index contributed by atoms with van der Waals surface area (Å²) in [6.45, 7) is 7.50. The summed E-state index contributed by atoms with van der Waals surface area (Å²) in [7, 11) is 0. The van der Waals surface area contributed by atoms with Crippen molar-refractivity contribution in [1.29, 1.82) is 0 Å².